The summed E-state index contributed by atoms with van der Waals surface area (Å²) < 4.78 is 0. The second kappa shape index (κ2) is 4.55. The number of allylic oxidation sites excluding steroid dienone is 1. The molecule has 0 radical (unpaired) electrons. The normalized spacial score (nSPS) is 11.0. The average Bonchev–Trinajstić information content (AvgIpc) is 1.87. The molecule has 0 aromatic heterocycles. The minimum atomic E-state index is -0.587. The summed E-state index contributed by atoms with van der Waals surface area (Å²) in [4.78, 5) is 10.5. The molecule has 0 aromatic rings. The van der Waals surface area contributed by atoms with E-state index in [2.05, 4.69) is 5.10 Å². The number of amides is 2. The average molecular weight is 141 g/mol. The molecule has 10 heavy (non-hydrogen) atoms. The van der Waals surface area contributed by atoms with Gasteiger partial charge in [0.25, 0.3) is 0 Å². The maximum absolute atomic E-state index is 10.5. The Morgan fingerprint density at radius 3 is 2.50 bits per heavy atom. The summed E-state index contributed by atoms with van der Waals surface area (Å²) in [5, 5.41) is 4.72. The van der Waals surface area contributed by atoms with Gasteiger partial charge in [0, 0.05) is 12.4 Å². The molecule has 2 N–H and O–H groups in total. The smallest absolute Gasteiger partial charge is 0.339 e. The summed E-state index contributed by atoms with van der Waals surface area (Å²) >= 11 is 0. The number of rotatable bonds is 2. The van der Waals surface area contributed by atoms with Gasteiger partial charge in [0.2, 0.25) is 0 Å². The Hall–Kier alpha value is -1.32. The molecule has 0 spiro atoms. The fourth-order valence-electron chi connectivity index (χ4n) is 0.434. The highest BCUT2D eigenvalue weighted by Gasteiger charge is 1.99. The van der Waals surface area contributed by atoms with E-state index in [9.17, 15) is 4.79 Å². The number of hydrogen-bond acceptors (Lipinski definition) is 2. The third-order valence-corrected chi connectivity index (χ3v) is 0.756. The van der Waals surface area contributed by atoms with Crippen LogP contribution in [0, 0.1) is 0 Å². The first-order chi connectivity index (χ1) is 4.72. The molecule has 0 aromatic carbocycles. The van der Waals surface area contributed by atoms with E-state index in [4.69, 9.17) is 5.73 Å². The first-order valence-electron chi connectivity index (χ1n) is 2.92. The van der Waals surface area contributed by atoms with E-state index < -0.39 is 6.03 Å². The van der Waals surface area contributed by atoms with Crippen LogP contribution in [0.3, 0.4) is 0 Å². The van der Waals surface area contributed by atoms with Crippen molar-refractivity contribution in [2.24, 2.45) is 10.8 Å². The van der Waals surface area contributed by atoms with E-state index in [1.807, 2.05) is 0 Å². The molecule has 0 rings (SSSR count). The molecular formula is C6H11N3O. The van der Waals surface area contributed by atoms with Gasteiger partial charge in [-0.15, -0.1) is 0 Å². The first kappa shape index (κ1) is 8.68. The first-order valence-corrected chi connectivity index (χ1v) is 2.92. The van der Waals surface area contributed by atoms with Gasteiger partial charge in [0.15, 0.2) is 0 Å². The van der Waals surface area contributed by atoms with E-state index in [1.165, 1.54) is 12.4 Å². The van der Waals surface area contributed by atoms with Crippen molar-refractivity contribution in [3.05, 3.63) is 12.3 Å². The molecule has 0 atom stereocenters. The van der Waals surface area contributed by atoms with Crippen molar-refractivity contribution in [1.82, 2.24) is 5.01 Å². The predicted molar refractivity (Wildman–Crippen MR) is 40.4 cm³/mol. The fourth-order valence-corrected chi connectivity index (χ4v) is 0.434. The van der Waals surface area contributed by atoms with Gasteiger partial charge in [0.1, 0.15) is 0 Å². The SMILES string of the molecule is C/C=C\N(/N=C\C)C(N)=O. The molecule has 0 aliphatic carbocycles. The Morgan fingerprint density at radius 1 is 1.60 bits per heavy atom. The number of urea groups is 1. The maximum Gasteiger partial charge on any atom is 0.339 e. The Morgan fingerprint density at radius 2 is 2.20 bits per heavy atom. The highest BCUT2D eigenvalue weighted by molar-refractivity contribution is 5.74. The summed E-state index contributed by atoms with van der Waals surface area (Å²) in [6.45, 7) is 3.49. The van der Waals surface area contributed by atoms with Gasteiger partial charge >= 0.3 is 6.03 Å². The largest absolute Gasteiger partial charge is 0.350 e. The van der Waals surface area contributed by atoms with Crippen LogP contribution in [-0.4, -0.2) is 17.3 Å². The Kier molecular flexibility index (Phi) is 3.95. The lowest BCUT2D eigenvalue weighted by atomic mass is 10.7. The molecule has 56 valence electrons. The fraction of sp³-hybridized carbons (Fsp3) is 0.333. The molecule has 4 nitrogen and oxygen atoms in total. The second-order valence-electron chi connectivity index (χ2n) is 1.54. The minimum absolute atomic E-state index is 0.587. The van der Waals surface area contributed by atoms with E-state index in [1.54, 1.807) is 19.9 Å². The highest BCUT2D eigenvalue weighted by atomic mass is 16.2. The van der Waals surface area contributed by atoms with Crippen LogP contribution in [0.5, 0.6) is 0 Å². The van der Waals surface area contributed by atoms with Gasteiger partial charge < -0.3 is 5.73 Å². The van der Waals surface area contributed by atoms with Crippen LogP contribution in [0.4, 0.5) is 4.79 Å². The molecule has 0 aliphatic heterocycles. The molecule has 0 fully saturated rings. The van der Waals surface area contributed by atoms with Crippen molar-refractivity contribution in [2.75, 3.05) is 0 Å². The van der Waals surface area contributed by atoms with Crippen molar-refractivity contribution < 1.29 is 4.79 Å². The van der Waals surface area contributed by atoms with Crippen molar-refractivity contribution in [3.63, 3.8) is 0 Å². The van der Waals surface area contributed by atoms with Crippen LogP contribution in [0.15, 0.2) is 17.4 Å². The number of primary amides is 1. The van der Waals surface area contributed by atoms with Gasteiger partial charge in [-0.1, -0.05) is 6.08 Å². The molecule has 0 bridgehead atoms. The van der Waals surface area contributed by atoms with Crippen molar-refractivity contribution in [3.8, 4) is 0 Å². The van der Waals surface area contributed by atoms with Crippen molar-refractivity contribution >= 4 is 12.2 Å². The van der Waals surface area contributed by atoms with E-state index in [0.717, 1.165) is 5.01 Å². The Bertz CT molecular complexity index is 150. The zero-order valence-electron chi connectivity index (χ0n) is 6.11. The molecule has 0 heterocycles. The number of hydrazone groups is 1. The lowest BCUT2D eigenvalue weighted by Gasteiger charge is -2.05. The summed E-state index contributed by atoms with van der Waals surface area (Å²) in [5.74, 6) is 0. The monoisotopic (exact) mass is 141 g/mol. The number of hydrogen-bond donors (Lipinski definition) is 1. The zero-order valence-corrected chi connectivity index (χ0v) is 6.11. The molecule has 0 saturated heterocycles. The van der Waals surface area contributed by atoms with Gasteiger partial charge in [-0.3, -0.25) is 0 Å². The number of carbonyl (C=O) groups excluding carboxylic acids is 1. The minimum Gasteiger partial charge on any atom is -0.350 e. The molecule has 2 amide bonds. The van der Waals surface area contributed by atoms with E-state index >= 15 is 0 Å². The van der Waals surface area contributed by atoms with Crippen molar-refractivity contribution in [1.29, 1.82) is 0 Å². The third kappa shape index (κ3) is 2.86. The van der Waals surface area contributed by atoms with Crippen LogP contribution in [0.25, 0.3) is 0 Å². The van der Waals surface area contributed by atoms with Gasteiger partial charge in [-0.2, -0.15) is 10.1 Å². The van der Waals surface area contributed by atoms with Crippen LogP contribution >= 0.6 is 0 Å². The quantitative estimate of drug-likeness (QED) is 0.451. The van der Waals surface area contributed by atoms with E-state index in [-0.39, 0.29) is 0 Å². The molecule has 0 aliphatic rings. The molecular weight excluding hydrogens is 130 g/mol. The summed E-state index contributed by atoms with van der Waals surface area (Å²) in [5.41, 5.74) is 4.93. The standard InChI is InChI=1S/C6H11N3O/c1-3-5-9(6(7)10)8-4-2/h3-5H,1-2H3,(H2,7,10)/b5-3-,8-4-. The zero-order chi connectivity index (χ0) is 7.98. The van der Waals surface area contributed by atoms with Crippen LogP contribution in [0.2, 0.25) is 0 Å². The topological polar surface area (TPSA) is 58.7 Å². The van der Waals surface area contributed by atoms with E-state index in [0.29, 0.717) is 0 Å². The number of nitrogens with two attached hydrogens (primary N) is 1. The van der Waals surface area contributed by atoms with Gasteiger partial charge in [-0.25, -0.2) is 4.79 Å². The van der Waals surface area contributed by atoms with Crippen LogP contribution in [0.1, 0.15) is 13.8 Å². The summed E-state index contributed by atoms with van der Waals surface area (Å²) in [6, 6.07) is -0.587. The number of nitrogens with zero attached hydrogens (tertiary/aromatic N) is 2. The van der Waals surface area contributed by atoms with Gasteiger partial charge in [-0.05, 0) is 13.8 Å². The predicted octanol–water partition coefficient (Wildman–Crippen LogP) is 0.906. The third-order valence-electron chi connectivity index (χ3n) is 0.756. The Balaban J connectivity index is 4.11. The van der Waals surface area contributed by atoms with Crippen LogP contribution < -0.4 is 5.73 Å². The van der Waals surface area contributed by atoms with Crippen molar-refractivity contribution in [2.45, 2.75) is 13.8 Å². The summed E-state index contributed by atoms with van der Waals surface area (Å²) in [6.07, 6.45) is 4.66. The molecule has 0 saturated carbocycles. The van der Waals surface area contributed by atoms with Crippen LogP contribution in [-0.2, 0) is 0 Å². The number of carbonyl (C=O) groups is 1. The lowest BCUT2D eigenvalue weighted by Crippen LogP contribution is -2.26. The molecule has 4 heteroatoms. The maximum atomic E-state index is 10.5. The van der Waals surface area contributed by atoms with Gasteiger partial charge in [0.05, 0.1) is 0 Å². The Labute approximate surface area is 60.0 Å². The molecule has 0 unspecified atom stereocenters. The second-order valence-corrected chi connectivity index (χ2v) is 1.54. The highest BCUT2D eigenvalue weighted by Crippen LogP contribution is 1.88. The summed E-state index contributed by atoms with van der Waals surface area (Å²) in [7, 11) is 0. The lowest BCUT2D eigenvalue weighted by molar-refractivity contribution is 0.226.